The number of rotatable bonds is 3. The molecule has 2 aromatic rings. The summed E-state index contributed by atoms with van der Waals surface area (Å²) in [4.78, 5) is 4.23. The van der Waals surface area contributed by atoms with E-state index in [-0.39, 0.29) is 0 Å². The highest BCUT2D eigenvalue weighted by Gasteiger charge is 2.12. The van der Waals surface area contributed by atoms with Gasteiger partial charge in [0.05, 0.1) is 12.7 Å². The average Bonchev–Trinajstić information content (AvgIpc) is 2.77. The highest BCUT2D eigenvalue weighted by Crippen LogP contribution is 2.30. The van der Waals surface area contributed by atoms with E-state index in [0.29, 0.717) is 28.9 Å². The first-order valence-electron chi connectivity index (χ1n) is 4.91. The van der Waals surface area contributed by atoms with Crippen LogP contribution in [0, 0.1) is 0 Å². The summed E-state index contributed by atoms with van der Waals surface area (Å²) in [6.07, 6.45) is 0.704. The van der Waals surface area contributed by atoms with Crippen molar-refractivity contribution in [2.75, 3.05) is 7.11 Å². The molecule has 4 nitrogen and oxygen atoms in total. The fraction of sp³-hybridized carbons (Fsp3) is 0.273. The molecule has 0 spiro atoms. The molecule has 0 unspecified atom stereocenters. The highest BCUT2D eigenvalue weighted by molar-refractivity contribution is 6.30. The molecule has 5 heteroatoms. The van der Waals surface area contributed by atoms with Gasteiger partial charge in [-0.2, -0.15) is 4.98 Å². The van der Waals surface area contributed by atoms with E-state index in [0.717, 1.165) is 5.56 Å². The molecule has 0 aliphatic rings. The SMILES string of the molecule is CCc1nc(-c2cc(Cl)ccc2OC)no1. The van der Waals surface area contributed by atoms with Gasteiger partial charge in [-0.05, 0) is 18.2 Å². The van der Waals surface area contributed by atoms with Crippen LogP contribution in [0.15, 0.2) is 22.7 Å². The lowest BCUT2D eigenvalue weighted by Gasteiger charge is -2.04. The Morgan fingerprint density at radius 1 is 1.44 bits per heavy atom. The largest absolute Gasteiger partial charge is 0.496 e. The number of aromatic nitrogens is 2. The van der Waals surface area contributed by atoms with Crippen molar-refractivity contribution in [3.63, 3.8) is 0 Å². The van der Waals surface area contributed by atoms with Gasteiger partial charge in [0.25, 0.3) is 0 Å². The van der Waals surface area contributed by atoms with E-state index >= 15 is 0 Å². The Bertz CT molecular complexity index is 496. The number of hydrogen-bond donors (Lipinski definition) is 0. The highest BCUT2D eigenvalue weighted by atomic mass is 35.5. The lowest BCUT2D eigenvalue weighted by Crippen LogP contribution is -1.89. The van der Waals surface area contributed by atoms with E-state index in [1.807, 2.05) is 6.92 Å². The van der Waals surface area contributed by atoms with Crippen LogP contribution in [-0.2, 0) is 6.42 Å². The lowest BCUT2D eigenvalue weighted by molar-refractivity contribution is 0.382. The van der Waals surface area contributed by atoms with Crippen molar-refractivity contribution in [3.8, 4) is 17.1 Å². The number of nitrogens with zero attached hydrogens (tertiary/aromatic N) is 2. The molecule has 0 radical (unpaired) electrons. The van der Waals surface area contributed by atoms with Gasteiger partial charge >= 0.3 is 0 Å². The maximum atomic E-state index is 5.92. The Balaban J connectivity index is 2.49. The summed E-state index contributed by atoms with van der Waals surface area (Å²) < 4.78 is 10.3. The van der Waals surface area contributed by atoms with Crippen molar-refractivity contribution in [1.82, 2.24) is 10.1 Å². The molecular formula is C11H11ClN2O2. The van der Waals surface area contributed by atoms with E-state index < -0.39 is 0 Å². The minimum atomic E-state index is 0.496. The molecule has 0 amide bonds. The monoisotopic (exact) mass is 238 g/mol. The van der Waals surface area contributed by atoms with Crippen molar-refractivity contribution in [2.24, 2.45) is 0 Å². The third-order valence-corrected chi connectivity index (χ3v) is 2.41. The fourth-order valence-corrected chi connectivity index (χ4v) is 1.53. The van der Waals surface area contributed by atoms with E-state index in [4.69, 9.17) is 20.9 Å². The number of benzene rings is 1. The molecule has 2 rings (SSSR count). The maximum absolute atomic E-state index is 5.92. The van der Waals surface area contributed by atoms with Crippen molar-refractivity contribution in [1.29, 1.82) is 0 Å². The summed E-state index contributed by atoms with van der Waals surface area (Å²) >= 11 is 5.92. The van der Waals surface area contributed by atoms with Crippen LogP contribution < -0.4 is 4.74 Å². The molecule has 0 fully saturated rings. The first-order valence-corrected chi connectivity index (χ1v) is 5.29. The standard InChI is InChI=1S/C11H11ClN2O2/c1-3-10-13-11(14-16-10)8-6-7(12)4-5-9(8)15-2/h4-6H,3H2,1-2H3. The molecule has 0 saturated heterocycles. The molecule has 0 N–H and O–H groups in total. The van der Waals surface area contributed by atoms with Gasteiger partial charge in [0, 0.05) is 11.4 Å². The minimum absolute atomic E-state index is 0.496. The van der Waals surface area contributed by atoms with Crippen molar-refractivity contribution in [3.05, 3.63) is 29.1 Å². The quantitative estimate of drug-likeness (QED) is 0.825. The van der Waals surface area contributed by atoms with Crippen molar-refractivity contribution in [2.45, 2.75) is 13.3 Å². The summed E-state index contributed by atoms with van der Waals surface area (Å²) in [5.74, 6) is 1.76. The van der Waals surface area contributed by atoms with Gasteiger partial charge in [-0.3, -0.25) is 0 Å². The molecule has 1 aromatic carbocycles. The van der Waals surface area contributed by atoms with E-state index in [1.54, 1.807) is 25.3 Å². The van der Waals surface area contributed by atoms with Crippen LogP contribution in [0.4, 0.5) is 0 Å². The third kappa shape index (κ3) is 2.02. The van der Waals surface area contributed by atoms with Crippen LogP contribution in [0.25, 0.3) is 11.4 Å². The minimum Gasteiger partial charge on any atom is -0.496 e. The fourth-order valence-electron chi connectivity index (χ4n) is 1.36. The molecular weight excluding hydrogens is 228 g/mol. The summed E-state index contributed by atoms with van der Waals surface area (Å²) in [5.41, 5.74) is 0.735. The predicted molar refractivity (Wildman–Crippen MR) is 60.7 cm³/mol. The third-order valence-electron chi connectivity index (χ3n) is 2.17. The van der Waals surface area contributed by atoms with Crippen LogP contribution in [0.5, 0.6) is 5.75 Å². The zero-order valence-electron chi connectivity index (χ0n) is 9.03. The smallest absolute Gasteiger partial charge is 0.226 e. The molecule has 0 aliphatic carbocycles. The molecule has 1 aromatic heterocycles. The Kier molecular flexibility index (Phi) is 3.10. The average molecular weight is 239 g/mol. The maximum Gasteiger partial charge on any atom is 0.226 e. The van der Waals surface area contributed by atoms with Gasteiger partial charge in [-0.1, -0.05) is 23.7 Å². The number of aryl methyl sites for hydroxylation is 1. The lowest BCUT2D eigenvalue weighted by atomic mass is 10.2. The van der Waals surface area contributed by atoms with Crippen LogP contribution in [0.1, 0.15) is 12.8 Å². The first-order chi connectivity index (χ1) is 7.74. The predicted octanol–water partition coefficient (Wildman–Crippen LogP) is 2.96. The number of ether oxygens (including phenoxy) is 1. The van der Waals surface area contributed by atoms with Gasteiger partial charge < -0.3 is 9.26 Å². The van der Waals surface area contributed by atoms with E-state index in [1.165, 1.54) is 0 Å². The zero-order chi connectivity index (χ0) is 11.5. The summed E-state index contributed by atoms with van der Waals surface area (Å²) in [6.45, 7) is 1.95. The van der Waals surface area contributed by atoms with Crippen LogP contribution in [0.3, 0.4) is 0 Å². The molecule has 0 saturated carbocycles. The van der Waals surface area contributed by atoms with Gasteiger partial charge in [-0.15, -0.1) is 0 Å². The molecule has 0 atom stereocenters. The van der Waals surface area contributed by atoms with Crippen LogP contribution >= 0.6 is 11.6 Å². The number of methoxy groups -OCH3 is 1. The molecule has 0 aliphatic heterocycles. The second-order valence-electron chi connectivity index (χ2n) is 3.21. The van der Waals surface area contributed by atoms with Crippen LogP contribution in [0.2, 0.25) is 5.02 Å². The summed E-state index contributed by atoms with van der Waals surface area (Å²) in [6, 6.07) is 5.29. The molecule has 1 heterocycles. The van der Waals surface area contributed by atoms with Gasteiger partial charge in [0.15, 0.2) is 0 Å². The van der Waals surface area contributed by atoms with Gasteiger partial charge in [0.1, 0.15) is 5.75 Å². The topological polar surface area (TPSA) is 48.2 Å². The Labute approximate surface area is 98.2 Å². The molecule has 84 valence electrons. The Hall–Kier alpha value is -1.55. The molecule has 16 heavy (non-hydrogen) atoms. The van der Waals surface area contributed by atoms with Crippen molar-refractivity contribution < 1.29 is 9.26 Å². The normalized spacial score (nSPS) is 10.4. The summed E-state index contributed by atoms with van der Waals surface area (Å²) in [5, 5.41) is 4.49. The number of halogens is 1. The van der Waals surface area contributed by atoms with Crippen LogP contribution in [-0.4, -0.2) is 17.3 Å². The van der Waals surface area contributed by atoms with Gasteiger partial charge in [0.2, 0.25) is 11.7 Å². The number of hydrogen-bond acceptors (Lipinski definition) is 4. The van der Waals surface area contributed by atoms with Crippen molar-refractivity contribution >= 4 is 11.6 Å². The Morgan fingerprint density at radius 2 is 2.25 bits per heavy atom. The van der Waals surface area contributed by atoms with E-state index in [9.17, 15) is 0 Å². The second kappa shape index (κ2) is 4.53. The summed E-state index contributed by atoms with van der Waals surface area (Å²) in [7, 11) is 1.59. The van der Waals surface area contributed by atoms with E-state index in [2.05, 4.69) is 10.1 Å². The first kappa shape index (κ1) is 11.0. The zero-order valence-corrected chi connectivity index (χ0v) is 9.78. The second-order valence-corrected chi connectivity index (χ2v) is 3.65. The Morgan fingerprint density at radius 3 is 2.88 bits per heavy atom. The molecule has 0 bridgehead atoms. The van der Waals surface area contributed by atoms with Gasteiger partial charge in [-0.25, -0.2) is 0 Å².